The van der Waals surface area contributed by atoms with Crippen LogP contribution in [0.3, 0.4) is 0 Å². The highest BCUT2D eigenvalue weighted by atomic mass is 35.5. The second kappa shape index (κ2) is 5.32. The second-order valence-corrected chi connectivity index (χ2v) is 4.96. The van der Waals surface area contributed by atoms with E-state index in [1.54, 1.807) is 6.92 Å². The maximum absolute atomic E-state index is 13.8. The van der Waals surface area contributed by atoms with Gasteiger partial charge in [0.15, 0.2) is 10.8 Å². The lowest BCUT2D eigenvalue weighted by Gasteiger charge is -2.18. The highest BCUT2D eigenvalue weighted by molar-refractivity contribution is 6.32. The molecule has 1 aromatic rings. The molecule has 5 nitrogen and oxygen atoms in total. The third-order valence-electron chi connectivity index (χ3n) is 3.03. The first kappa shape index (κ1) is 14.6. The molecule has 0 bridgehead atoms. The summed E-state index contributed by atoms with van der Waals surface area (Å²) in [6.07, 6.45) is 2.58. The summed E-state index contributed by atoms with van der Waals surface area (Å²) in [7, 11) is 0. The van der Waals surface area contributed by atoms with Crippen molar-refractivity contribution < 1.29 is 13.6 Å². The molecule has 1 fully saturated rings. The molecule has 20 heavy (non-hydrogen) atoms. The lowest BCUT2D eigenvalue weighted by atomic mass is 10.2. The molecule has 1 N–H and O–H groups in total. The van der Waals surface area contributed by atoms with Crippen molar-refractivity contribution in [1.82, 2.24) is 20.2 Å². The summed E-state index contributed by atoms with van der Waals surface area (Å²) in [6, 6.07) is -1.32. The van der Waals surface area contributed by atoms with Crippen LogP contribution in [0.5, 0.6) is 0 Å². The molecule has 8 heteroatoms. The van der Waals surface area contributed by atoms with E-state index in [0.717, 1.165) is 0 Å². The molecule has 1 aromatic heterocycles. The van der Waals surface area contributed by atoms with Crippen LogP contribution in [0.15, 0.2) is 24.7 Å². The second-order valence-electron chi connectivity index (χ2n) is 4.60. The summed E-state index contributed by atoms with van der Waals surface area (Å²) in [4.78, 5) is 20.8. The Kier molecular flexibility index (Phi) is 3.89. The van der Waals surface area contributed by atoms with Crippen molar-refractivity contribution in [2.24, 2.45) is 0 Å². The Morgan fingerprint density at radius 1 is 1.55 bits per heavy atom. The van der Waals surface area contributed by atoms with Gasteiger partial charge in [-0.05, 0) is 6.92 Å². The first-order valence-electron chi connectivity index (χ1n) is 5.87. The maximum Gasteiger partial charge on any atom is 0.286 e. The van der Waals surface area contributed by atoms with E-state index < -0.39 is 24.4 Å². The minimum Gasteiger partial charge on any atom is -0.367 e. The number of nitrogens with zero attached hydrogens (tertiary/aromatic N) is 3. The average molecular weight is 303 g/mol. The molecule has 0 radical (unpaired) electrons. The molecule has 108 valence electrons. The van der Waals surface area contributed by atoms with E-state index in [-0.39, 0.29) is 17.4 Å². The van der Waals surface area contributed by atoms with Gasteiger partial charge < -0.3 is 10.2 Å². The predicted octanol–water partition coefficient (Wildman–Crippen LogP) is 1.71. The third kappa shape index (κ3) is 2.87. The van der Waals surface area contributed by atoms with Crippen molar-refractivity contribution in [2.75, 3.05) is 13.1 Å². The zero-order valence-electron chi connectivity index (χ0n) is 10.7. The van der Waals surface area contributed by atoms with Crippen molar-refractivity contribution in [1.29, 1.82) is 0 Å². The lowest BCUT2D eigenvalue weighted by molar-refractivity contribution is -0.00786. The number of amides is 1. The normalized spacial score (nSPS) is 20.8. The predicted molar refractivity (Wildman–Crippen MR) is 69.6 cm³/mol. The van der Waals surface area contributed by atoms with Crippen molar-refractivity contribution >= 4 is 17.5 Å². The molecule has 0 aliphatic carbocycles. The Hall–Kier alpha value is -1.76. The number of carbonyl (C=O) groups is 1. The molecule has 1 amide bonds. The van der Waals surface area contributed by atoms with Crippen LogP contribution in [0, 0.1) is 0 Å². The molecular formula is C12H13ClF2N4O. The summed E-state index contributed by atoms with van der Waals surface area (Å²) in [6.45, 7) is 4.78. The van der Waals surface area contributed by atoms with E-state index in [1.807, 2.05) is 0 Å². The number of allylic oxidation sites excluding steroid dienone is 1. The van der Waals surface area contributed by atoms with Gasteiger partial charge in [0.2, 0.25) is 0 Å². The number of alkyl halides is 2. The number of nitrogens with one attached hydrogen (secondary N) is 1. The van der Waals surface area contributed by atoms with Gasteiger partial charge in [-0.1, -0.05) is 18.2 Å². The minimum atomic E-state index is -3.04. The quantitative estimate of drug-likeness (QED) is 0.923. The molecule has 1 atom stereocenters. The van der Waals surface area contributed by atoms with Crippen molar-refractivity contribution in [3.05, 3.63) is 35.5 Å². The van der Waals surface area contributed by atoms with Gasteiger partial charge in [0.25, 0.3) is 11.8 Å². The lowest BCUT2D eigenvalue weighted by Crippen LogP contribution is -2.47. The number of rotatable bonds is 3. The van der Waals surface area contributed by atoms with Crippen LogP contribution in [0.1, 0.15) is 17.4 Å². The number of halogens is 3. The monoisotopic (exact) mass is 302 g/mol. The SMILES string of the molecule is C=C(C)N1C[C@H](NC(=O)c2nccnc2Cl)C(F)(F)C1. The van der Waals surface area contributed by atoms with E-state index in [4.69, 9.17) is 11.6 Å². The van der Waals surface area contributed by atoms with Gasteiger partial charge in [-0.2, -0.15) is 0 Å². The van der Waals surface area contributed by atoms with Gasteiger partial charge in [0.1, 0.15) is 6.04 Å². The zero-order valence-corrected chi connectivity index (χ0v) is 11.5. The summed E-state index contributed by atoms with van der Waals surface area (Å²) in [5.74, 6) is -3.81. The van der Waals surface area contributed by atoms with E-state index in [9.17, 15) is 13.6 Å². The summed E-state index contributed by atoms with van der Waals surface area (Å²) in [5, 5.41) is 2.13. The van der Waals surface area contributed by atoms with E-state index in [2.05, 4.69) is 21.9 Å². The largest absolute Gasteiger partial charge is 0.367 e. The van der Waals surface area contributed by atoms with Crippen LogP contribution in [-0.2, 0) is 0 Å². The summed E-state index contributed by atoms with van der Waals surface area (Å²) in [5.41, 5.74) is 0.359. The van der Waals surface area contributed by atoms with Gasteiger partial charge in [-0.25, -0.2) is 18.7 Å². The highest BCUT2D eigenvalue weighted by Crippen LogP contribution is 2.29. The molecule has 0 spiro atoms. The van der Waals surface area contributed by atoms with E-state index in [0.29, 0.717) is 5.70 Å². The Bertz CT molecular complexity index is 552. The number of hydrogen-bond acceptors (Lipinski definition) is 4. The van der Waals surface area contributed by atoms with Crippen LogP contribution in [0.2, 0.25) is 5.15 Å². The summed E-state index contributed by atoms with van der Waals surface area (Å²) < 4.78 is 27.7. The van der Waals surface area contributed by atoms with Gasteiger partial charge >= 0.3 is 0 Å². The fourth-order valence-corrected chi connectivity index (χ4v) is 2.12. The van der Waals surface area contributed by atoms with Crippen LogP contribution < -0.4 is 5.32 Å². The zero-order chi connectivity index (χ0) is 14.9. The van der Waals surface area contributed by atoms with E-state index in [1.165, 1.54) is 17.3 Å². The fraction of sp³-hybridized carbons (Fsp3) is 0.417. The van der Waals surface area contributed by atoms with Gasteiger partial charge in [-0.15, -0.1) is 0 Å². The average Bonchev–Trinajstić information content (AvgIpc) is 2.65. The number of carbonyl (C=O) groups excluding carboxylic acids is 1. The van der Waals surface area contributed by atoms with E-state index >= 15 is 0 Å². The van der Waals surface area contributed by atoms with Crippen LogP contribution in [-0.4, -0.2) is 45.8 Å². The topological polar surface area (TPSA) is 58.1 Å². The van der Waals surface area contributed by atoms with Crippen molar-refractivity contribution in [3.63, 3.8) is 0 Å². The molecule has 2 rings (SSSR count). The standard InChI is InChI=1S/C12H13ClF2N4O/c1-7(2)19-5-8(12(14,15)6-19)18-11(20)9-10(13)17-4-3-16-9/h3-4,8H,1,5-6H2,2H3,(H,18,20)/t8-/m0/s1. The highest BCUT2D eigenvalue weighted by Gasteiger charge is 2.49. The molecule has 0 unspecified atom stereocenters. The third-order valence-corrected chi connectivity index (χ3v) is 3.30. The minimum absolute atomic E-state index is 0.00798. The van der Waals surface area contributed by atoms with Crippen LogP contribution in [0.25, 0.3) is 0 Å². The van der Waals surface area contributed by atoms with Gasteiger partial charge in [0.05, 0.1) is 6.54 Å². The first-order valence-corrected chi connectivity index (χ1v) is 6.24. The molecule has 1 saturated heterocycles. The molecule has 2 heterocycles. The Balaban J connectivity index is 2.12. The first-order chi connectivity index (χ1) is 9.31. The Labute approximate surface area is 119 Å². The van der Waals surface area contributed by atoms with Crippen LogP contribution >= 0.6 is 11.6 Å². The van der Waals surface area contributed by atoms with Gasteiger partial charge in [0, 0.05) is 24.6 Å². The summed E-state index contributed by atoms with van der Waals surface area (Å²) >= 11 is 5.71. The molecule has 1 aliphatic heterocycles. The van der Waals surface area contributed by atoms with Crippen LogP contribution in [0.4, 0.5) is 8.78 Å². The molecule has 0 saturated carbocycles. The molecular weight excluding hydrogens is 290 g/mol. The number of likely N-dealkylation sites (tertiary alicyclic amines) is 1. The fourth-order valence-electron chi connectivity index (χ4n) is 1.93. The molecule has 1 aliphatic rings. The van der Waals surface area contributed by atoms with Gasteiger partial charge in [-0.3, -0.25) is 4.79 Å². The Morgan fingerprint density at radius 2 is 2.20 bits per heavy atom. The number of hydrogen-bond donors (Lipinski definition) is 1. The smallest absolute Gasteiger partial charge is 0.286 e. The van der Waals surface area contributed by atoms with Crippen molar-refractivity contribution in [3.8, 4) is 0 Å². The van der Waals surface area contributed by atoms with Crippen molar-refractivity contribution in [2.45, 2.75) is 18.9 Å². The number of aromatic nitrogens is 2. The maximum atomic E-state index is 13.8. The molecule has 0 aromatic carbocycles. The Morgan fingerprint density at radius 3 is 2.75 bits per heavy atom.